The molecule has 0 fully saturated rings. The number of pyridine rings is 1. The van der Waals surface area contributed by atoms with Gasteiger partial charge in [0.1, 0.15) is 6.61 Å². The lowest BCUT2D eigenvalue weighted by molar-refractivity contribution is 0.0689. The van der Waals surface area contributed by atoms with Crippen molar-refractivity contribution in [1.29, 1.82) is 0 Å². The zero-order valence-electron chi connectivity index (χ0n) is 7.24. The van der Waals surface area contributed by atoms with E-state index >= 15 is 0 Å². The van der Waals surface area contributed by atoms with Crippen LogP contribution >= 0.6 is 11.6 Å². The number of aromatic nitrogens is 1. The van der Waals surface area contributed by atoms with Gasteiger partial charge in [-0.15, -0.1) is 0 Å². The molecular weight excluding hydrogens is 206 g/mol. The molecule has 0 aliphatic heterocycles. The van der Waals surface area contributed by atoms with Crippen molar-refractivity contribution in [3.8, 4) is 5.88 Å². The highest BCUT2D eigenvalue weighted by Crippen LogP contribution is 2.17. The number of hydrogen-bond donors (Lipinski definition) is 1. The second-order valence-electron chi connectivity index (χ2n) is 2.38. The highest BCUT2D eigenvalue weighted by molar-refractivity contribution is 6.33. The Kier molecular flexibility index (Phi) is 3.48. The van der Waals surface area contributed by atoms with E-state index in [0.717, 1.165) is 0 Å². The first kappa shape index (κ1) is 10.5. The number of carbonyl (C=O) groups is 1. The molecule has 74 valence electrons. The molecule has 0 bridgehead atoms. The van der Waals surface area contributed by atoms with Crippen LogP contribution in [-0.4, -0.2) is 22.7 Å². The van der Waals surface area contributed by atoms with Gasteiger partial charge in [0.2, 0.25) is 5.88 Å². The van der Waals surface area contributed by atoms with Gasteiger partial charge in [-0.25, -0.2) is 9.78 Å². The molecule has 0 saturated heterocycles. The average Bonchev–Trinajstić information content (AvgIpc) is 2.16. The van der Waals surface area contributed by atoms with Gasteiger partial charge in [-0.2, -0.15) is 0 Å². The monoisotopic (exact) mass is 213 g/mol. The summed E-state index contributed by atoms with van der Waals surface area (Å²) in [7, 11) is 0. The molecule has 0 spiro atoms. The Morgan fingerprint density at radius 3 is 3.00 bits per heavy atom. The summed E-state index contributed by atoms with van der Waals surface area (Å²) >= 11 is 5.61. The quantitative estimate of drug-likeness (QED) is 0.778. The van der Waals surface area contributed by atoms with Crippen LogP contribution in [0, 0.1) is 0 Å². The summed E-state index contributed by atoms with van der Waals surface area (Å²) in [5.41, 5.74) is -0.215. The van der Waals surface area contributed by atoms with Crippen molar-refractivity contribution in [2.24, 2.45) is 0 Å². The van der Waals surface area contributed by atoms with Crippen LogP contribution in [0.5, 0.6) is 5.88 Å². The van der Waals surface area contributed by atoms with E-state index in [-0.39, 0.29) is 23.2 Å². The third-order valence-electron chi connectivity index (χ3n) is 1.37. The third-order valence-corrected chi connectivity index (χ3v) is 1.68. The van der Waals surface area contributed by atoms with Crippen LogP contribution in [-0.2, 0) is 0 Å². The fourth-order valence-electron chi connectivity index (χ4n) is 0.799. The summed E-state index contributed by atoms with van der Waals surface area (Å²) in [6, 6.07) is 2.93. The maximum Gasteiger partial charge on any atom is 0.356 e. The zero-order chi connectivity index (χ0) is 10.6. The first-order chi connectivity index (χ1) is 6.65. The fourth-order valence-corrected chi connectivity index (χ4v) is 0.985. The standard InChI is InChI=1S/C9H8ClNO3/c1-2-5-14-7-4-3-6(10)8(11-7)9(12)13/h2-4H,1,5H2,(H,12,13). The van der Waals surface area contributed by atoms with Crippen molar-refractivity contribution in [3.05, 3.63) is 35.5 Å². The smallest absolute Gasteiger partial charge is 0.356 e. The van der Waals surface area contributed by atoms with Gasteiger partial charge < -0.3 is 9.84 Å². The van der Waals surface area contributed by atoms with Crippen molar-refractivity contribution < 1.29 is 14.6 Å². The average molecular weight is 214 g/mol. The Bertz CT molecular complexity index is 365. The lowest BCUT2D eigenvalue weighted by Gasteiger charge is -2.03. The highest BCUT2D eigenvalue weighted by Gasteiger charge is 2.11. The van der Waals surface area contributed by atoms with Crippen LogP contribution in [0.3, 0.4) is 0 Å². The number of ether oxygens (including phenoxy) is 1. The van der Waals surface area contributed by atoms with Crippen molar-refractivity contribution in [3.63, 3.8) is 0 Å². The van der Waals surface area contributed by atoms with E-state index in [1.165, 1.54) is 18.2 Å². The first-order valence-corrected chi connectivity index (χ1v) is 4.16. The van der Waals surface area contributed by atoms with E-state index in [9.17, 15) is 4.79 Å². The topological polar surface area (TPSA) is 59.4 Å². The molecule has 0 amide bonds. The molecule has 0 radical (unpaired) electrons. The summed E-state index contributed by atoms with van der Waals surface area (Å²) in [6.07, 6.45) is 1.54. The van der Waals surface area contributed by atoms with Crippen molar-refractivity contribution >= 4 is 17.6 Å². The van der Waals surface area contributed by atoms with Crippen molar-refractivity contribution in [2.45, 2.75) is 0 Å². The number of rotatable bonds is 4. The van der Waals surface area contributed by atoms with E-state index in [1.807, 2.05) is 0 Å². The molecule has 0 unspecified atom stereocenters. The maximum absolute atomic E-state index is 10.6. The van der Waals surface area contributed by atoms with Gasteiger partial charge in [0, 0.05) is 6.07 Å². The predicted molar refractivity (Wildman–Crippen MR) is 51.9 cm³/mol. The fraction of sp³-hybridized carbons (Fsp3) is 0.111. The summed E-state index contributed by atoms with van der Waals surface area (Å²) < 4.78 is 5.05. The number of nitrogens with zero attached hydrogens (tertiary/aromatic N) is 1. The molecule has 1 aromatic heterocycles. The van der Waals surface area contributed by atoms with Gasteiger partial charge >= 0.3 is 5.97 Å². The number of halogens is 1. The minimum atomic E-state index is -1.18. The molecule has 1 aromatic rings. The number of hydrogen-bond acceptors (Lipinski definition) is 3. The molecule has 0 aromatic carbocycles. The van der Waals surface area contributed by atoms with Crippen LogP contribution in [0.2, 0.25) is 5.02 Å². The normalized spacial score (nSPS) is 9.50. The molecular formula is C9H8ClNO3. The summed E-state index contributed by atoms with van der Waals surface area (Å²) in [6.45, 7) is 3.73. The lowest BCUT2D eigenvalue weighted by atomic mass is 10.3. The molecule has 5 heteroatoms. The van der Waals surface area contributed by atoms with Gasteiger partial charge in [0.25, 0.3) is 0 Å². The zero-order valence-corrected chi connectivity index (χ0v) is 7.99. The Labute approximate surface area is 85.8 Å². The van der Waals surface area contributed by atoms with Crippen LogP contribution in [0.1, 0.15) is 10.5 Å². The molecule has 4 nitrogen and oxygen atoms in total. The first-order valence-electron chi connectivity index (χ1n) is 3.78. The van der Waals surface area contributed by atoms with E-state index in [4.69, 9.17) is 21.4 Å². The van der Waals surface area contributed by atoms with E-state index < -0.39 is 5.97 Å². The Morgan fingerprint density at radius 1 is 1.71 bits per heavy atom. The molecule has 1 N–H and O–H groups in total. The van der Waals surface area contributed by atoms with E-state index in [0.29, 0.717) is 0 Å². The minimum Gasteiger partial charge on any atom is -0.476 e. The van der Waals surface area contributed by atoms with E-state index in [2.05, 4.69) is 11.6 Å². The number of carboxylic acids is 1. The number of carboxylic acid groups (broad SMARTS) is 1. The second-order valence-corrected chi connectivity index (χ2v) is 2.79. The molecule has 0 aliphatic carbocycles. The van der Waals surface area contributed by atoms with Gasteiger partial charge in [-0.05, 0) is 6.07 Å². The predicted octanol–water partition coefficient (Wildman–Crippen LogP) is 2.00. The second kappa shape index (κ2) is 4.62. The summed E-state index contributed by atoms with van der Waals surface area (Å²) in [4.78, 5) is 14.3. The molecule has 14 heavy (non-hydrogen) atoms. The third kappa shape index (κ3) is 2.47. The molecule has 1 heterocycles. The van der Waals surface area contributed by atoms with Gasteiger partial charge in [-0.3, -0.25) is 0 Å². The van der Waals surface area contributed by atoms with Crippen molar-refractivity contribution in [2.75, 3.05) is 6.61 Å². The van der Waals surface area contributed by atoms with Crippen molar-refractivity contribution in [1.82, 2.24) is 4.98 Å². The van der Waals surface area contributed by atoms with Gasteiger partial charge in [0.05, 0.1) is 5.02 Å². The molecule has 0 saturated carbocycles. The molecule has 0 aliphatic rings. The SMILES string of the molecule is C=CCOc1ccc(Cl)c(C(=O)O)n1. The highest BCUT2D eigenvalue weighted by atomic mass is 35.5. The molecule has 1 rings (SSSR count). The van der Waals surface area contributed by atoms with Gasteiger partial charge in [0.15, 0.2) is 5.69 Å². The largest absolute Gasteiger partial charge is 0.476 e. The minimum absolute atomic E-state index is 0.0865. The van der Waals surface area contributed by atoms with Crippen LogP contribution in [0.4, 0.5) is 0 Å². The van der Waals surface area contributed by atoms with E-state index in [1.54, 1.807) is 0 Å². The number of aromatic carboxylic acids is 1. The molecule has 0 atom stereocenters. The Balaban J connectivity index is 2.94. The Morgan fingerprint density at radius 2 is 2.43 bits per heavy atom. The maximum atomic E-state index is 10.6. The summed E-state index contributed by atoms with van der Waals surface area (Å²) in [5.74, 6) is -0.967. The van der Waals surface area contributed by atoms with Gasteiger partial charge in [-0.1, -0.05) is 24.3 Å². The van der Waals surface area contributed by atoms with Crippen LogP contribution in [0.15, 0.2) is 24.8 Å². The van der Waals surface area contributed by atoms with Crippen LogP contribution in [0.25, 0.3) is 0 Å². The Hall–Kier alpha value is -1.55. The summed E-state index contributed by atoms with van der Waals surface area (Å²) in [5, 5.41) is 8.78. The lowest BCUT2D eigenvalue weighted by Crippen LogP contribution is -2.04. The van der Waals surface area contributed by atoms with Crippen LogP contribution < -0.4 is 4.74 Å².